The van der Waals surface area contributed by atoms with Gasteiger partial charge in [-0.25, -0.2) is 0 Å². The number of aliphatic hydroxyl groups is 1. The Morgan fingerprint density at radius 1 is 1.45 bits per heavy atom. The van der Waals surface area contributed by atoms with Crippen molar-refractivity contribution >= 4 is 15.9 Å². The second-order valence-corrected chi connectivity index (χ2v) is 3.13. The third kappa shape index (κ3) is 2.02. The van der Waals surface area contributed by atoms with Gasteiger partial charge in [0, 0.05) is 11.0 Å². The first-order chi connectivity index (χ1) is 5.25. The molecular formula is C8H10BrNO. The molecule has 0 heterocycles. The van der Waals surface area contributed by atoms with Crippen molar-refractivity contribution < 1.29 is 5.11 Å². The zero-order chi connectivity index (χ0) is 8.27. The molecule has 0 radical (unpaired) electrons. The monoisotopic (exact) mass is 215 g/mol. The summed E-state index contributed by atoms with van der Waals surface area (Å²) in [6.07, 6.45) is -0.564. The molecule has 0 bridgehead atoms. The molecular weight excluding hydrogens is 206 g/mol. The minimum absolute atomic E-state index is 0.253. The van der Waals surface area contributed by atoms with Crippen LogP contribution in [0.4, 0.5) is 0 Å². The number of aliphatic hydroxyl groups excluding tert-OH is 1. The molecule has 0 saturated heterocycles. The average molecular weight is 216 g/mol. The second kappa shape index (κ2) is 3.85. The molecule has 0 aliphatic rings. The van der Waals surface area contributed by atoms with Gasteiger partial charge in [0.15, 0.2) is 0 Å². The van der Waals surface area contributed by atoms with E-state index in [1.165, 1.54) is 0 Å². The van der Waals surface area contributed by atoms with Gasteiger partial charge in [0.2, 0.25) is 0 Å². The van der Waals surface area contributed by atoms with E-state index in [0.717, 1.165) is 10.0 Å². The summed E-state index contributed by atoms with van der Waals surface area (Å²) < 4.78 is 0.901. The summed E-state index contributed by atoms with van der Waals surface area (Å²) in [5.41, 5.74) is 6.14. The van der Waals surface area contributed by atoms with Gasteiger partial charge in [-0.05, 0) is 11.6 Å². The minimum Gasteiger partial charge on any atom is -0.387 e. The quantitative estimate of drug-likeness (QED) is 0.785. The molecule has 60 valence electrons. The molecule has 0 aliphatic carbocycles. The zero-order valence-electron chi connectivity index (χ0n) is 6.00. The van der Waals surface area contributed by atoms with Crippen LogP contribution in [-0.4, -0.2) is 11.7 Å². The highest BCUT2D eigenvalue weighted by Crippen LogP contribution is 2.21. The van der Waals surface area contributed by atoms with E-state index >= 15 is 0 Å². The van der Waals surface area contributed by atoms with Gasteiger partial charge in [-0.1, -0.05) is 34.1 Å². The Balaban J connectivity index is 2.93. The smallest absolute Gasteiger partial charge is 0.0923 e. The predicted octanol–water partition coefficient (Wildman–Crippen LogP) is 1.44. The Labute approximate surface area is 74.2 Å². The molecule has 0 aromatic heterocycles. The van der Waals surface area contributed by atoms with Crippen LogP contribution >= 0.6 is 15.9 Å². The van der Waals surface area contributed by atoms with Crippen LogP contribution in [0.2, 0.25) is 0 Å². The van der Waals surface area contributed by atoms with Crippen LogP contribution < -0.4 is 5.73 Å². The molecule has 0 aliphatic heterocycles. The largest absolute Gasteiger partial charge is 0.387 e. The average Bonchev–Trinajstić information content (AvgIpc) is 2.04. The molecule has 0 unspecified atom stereocenters. The summed E-state index contributed by atoms with van der Waals surface area (Å²) in [6, 6.07) is 7.51. The number of benzene rings is 1. The maximum atomic E-state index is 9.36. The van der Waals surface area contributed by atoms with Crippen molar-refractivity contribution in [3.05, 3.63) is 34.3 Å². The maximum absolute atomic E-state index is 9.36. The molecule has 11 heavy (non-hydrogen) atoms. The first-order valence-corrected chi connectivity index (χ1v) is 4.17. The Bertz CT molecular complexity index is 239. The first-order valence-electron chi connectivity index (χ1n) is 3.38. The summed E-state index contributed by atoms with van der Waals surface area (Å²) in [5, 5.41) is 9.36. The van der Waals surface area contributed by atoms with Crippen LogP contribution in [0.3, 0.4) is 0 Å². The highest BCUT2D eigenvalue weighted by molar-refractivity contribution is 9.10. The fourth-order valence-electron chi connectivity index (χ4n) is 0.872. The lowest BCUT2D eigenvalue weighted by Gasteiger charge is -2.08. The Hall–Kier alpha value is -0.380. The third-order valence-corrected chi connectivity index (χ3v) is 2.21. The van der Waals surface area contributed by atoms with Crippen LogP contribution in [0.15, 0.2) is 28.7 Å². The molecule has 0 fully saturated rings. The summed E-state index contributed by atoms with van der Waals surface area (Å²) in [7, 11) is 0. The van der Waals surface area contributed by atoms with E-state index in [9.17, 15) is 5.11 Å². The Kier molecular flexibility index (Phi) is 3.05. The third-order valence-electron chi connectivity index (χ3n) is 1.49. The van der Waals surface area contributed by atoms with Crippen LogP contribution in [0, 0.1) is 0 Å². The van der Waals surface area contributed by atoms with Crippen LogP contribution in [-0.2, 0) is 0 Å². The van der Waals surface area contributed by atoms with E-state index in [0.29, 0.717) is 0 Å². The van der Waals surface area contributed by atoms with E-state index in [2.05, 4.69) is 15.9 Å². The lowest BCUT2D eigenvalue weighted by Crippen LogP contribution is -2.11. The molecule has 1 atom stereocenters. The van der Waals surface area contributed by atoms with Crippen molar-refractivity contribution in [1.82, 2.24) is 0 Å². The van der Waals surface area contributed by atoms with E-state index in [1.54, 1.807) is 0 Å². The molecule has 0 amide bonds. The van der Waals surface area contributed by atoms with Crippen molar-refractivity contribution in [2.24, 2.45) is 5.73 Å². The highest BCUT2D eigenvalue weighted by Gasteiger charge is 2.06. The van der Waals surface area contributed by atoms with Crippen molar-refractivity contribution in [1.29, 1.82) is 0 Å². The van der Waals surface area contributed by atoms with E-state index in [4.69, 9.17) is 5.73 Å². The summed E-state index contributed by atoms with van der Waals surface area (Å²) in [6.45, 7) is 0.253. The summed E-state index contributed by atoms with van der Waals surface area (Å²) in [4.78, 5) is 0. The Morgan fingerprint density at radius 3 is 2.64 bits per heavy atom. The molecule has 3 N–H and O–H groups in total. The minimum atomic E-state index is -0.564. The molecule has 1 aromatic carbocycles. The van der Waals surface area contributed by atoms with Gasteiger partial charge < -0.3 is 10.8 Å². The highest BCUT2D eigenvalue weighted by atomic mass is 79.9. The van der Waals surface area contributed by atoms with Crippen LogP contribution in [0.5, 0.6) is 0 Å². The summed E-state index contributed by atoms with van der Waals surface area (Å²) >= 11 is 3.32. The SMILES string of the molecule is NC[C@H](O)c1ccccc1Br. The van der Waals surface area contributed by atoms with Crippen LogP contribution in [0.25, 0.3) is 0 Å². The fourth-order valence-corrected chi connectivity index (χ4v) is 1.42. The predicted molar refractivity (Wildman–Crippen MR) is 48.2 cm³/mol. The lowest BCUT2D eigenvalue weighted by molar-refractivity contribution is 0.186. The number of nitrogens with two attached hydrogens (primary N) is 1. The zero-order valence-corrected chi connectivity index (χ0v) is 7.58. The maximum Gasteiger partial charge on any atom is 0.0923 e. The van der Waals surface area contributed by atoms with Gasteiger partial charge in [0.05, 0.1) is 6.10 Å². The van der Waals surface area contributed by atoms with E-state index in [1.807, 2.05) is 24.3 Å². The van der Waals surface area contributed by atoms with Gasteiger partial charge in [0.1, 0.15) is 0 Å². The number of rotatable bonds is 2. The first kappa shape index (κ1) is 8.71. The van der Waals surface area contributed by atoms with Crippen molar-refractivity contribution in [2.75, 3.05) is 6.54 Å². The van der Waals surface area contributed by atoms with Gasteiger partial charge in [-0.2, -0.15) is 0 Å². The number of hydrogen-bond donors (Lipinski definition) is 2. The molecule has 3 heteroatoms. The van der Waals surface area contributed by atoms with Crippen molar-refractivity contribution in [3.63, 3.8) is 0 Å². The van der Waals surface area contributed by atoms with Crippen LogP contribution in [0.1, 0.15) is 11.7 Å². The molecule has 1 aromatic rings. The second-order valence-electron chi connectivity index (χ2n) is 2.27. The van der Waals surface area contributed by atoms with E-state index < -0.39 is 6.10 Å². The van der Waals surface area contributed by atoms with Gasteiger partial charge in [0.25, 0.3) is 0 Å². The Morgan fingerprint density at radius 2 is 2.09 bits per heavy atom. The molecule has 0 saturated carbocycles. The van der Waals surface area contributed by atoms with Gasteiger partial charge in [-0.15, -0.1) is 0 Å². The van der Waals surface area contributed by atoms with Crippen molar-refractivity contribution in [2.45, 2.75) is 6.10 Å². The summed E-state index contributed by atoms with van der Waals surface area (Å²) in [5.74, 6) is 0. The fraction of sp³-hybridized carbons (Fsp3) is 0.250. The van der Waals surface area contributed by atoms with Gasteiger partial charge >= 0.3 is 0 Å². The van der Waals surface area contributed by atoms with Crippen molar-refractivity contribution in [3.8, 4) is 0 Å². The normalized spacial score (nSPS) is 13.0. The van der Waals surface area contributed by atoms with E-state index in [-0.39, 0.29) is 6.54 Å². The van der Waals surface area contributed by atoms with Gasteiger partial charge in [-0.3, -0.25) is 0 Å². The number of halogens is 1. The standard InChI is InChI=1S/C8H10BrNO/c9-7-4-2-1-3-6(7)8(11)5-10/h1-4,8,11H,5,10H2/t8-/m0/s1. The molecule has 2 nitrogen and oxygen atoms in total. The number of hydrogen-bond acceptors (Lipinski definition) is 2. The lowest BCUT2D eigenvalue weighted by atomic mass is 10.1. The molecule has 1 rings (SSSR count). The molecule has 0 spiro atoms. The topological polar surface area (TPSA) is 46.2 Å².